The molecule has 240 valence electrons. The maximum Gasteiger partial charge on any atom is 0.494 e. The zero-order chi connectivity index (χ0) is 33.6. The second-order valence-electron chi connectivity index (χ2n) is 12.9. The van der Waals surface area contributed by atoms with E-state index in [1.165, 1.54) is 0 Å². The van der Waals surface area contributed by atoms with Gasteiger partial charge in [-0.1, -0.05) is 55.8 Å². The van der Waals surface area contributed by atoms with Gasteiger partial charge in [-0.2, -0.15) is 0 Å². The maximum atomic E-state index is 12.5. The van der Waals surface area contributed by atoms with E-state index >= 15 is 0 Å². The van der Waals surface area contributed by atoms with E-state index in [9.17, 15) is 9.59 Å². The quantitative estimate of drug-likeness (QED) is 0.192. The number of anilines is 2. The number of carbonyl (C=O) groups is 2. The van der Waals surface area contributed by atoms with E-state index in [0.717, 1.165) is 21.1 Å². The predicted octanol–water partition coefficient (Wildman–Crippen LogP) is 7.98. The molecule has 0 bridgehead atoms. The lowest BCUT2D eigenvalue weighted by Crippen LogP contribution is -2.41. The molecule has 5 rings (SSSR count). The summed E-state index contributed by atoms with van der Waals surface area (Å²) in [6.45, 7) is 16.5. The van der Waals surface area contributed by atoms with E-state index in [4.69, 9.17) is 9.31 Å². The Hall–Kier alpha value is -3.86. The summed E-state index contributed by atoms with van der Waals surface area (Å²) in [4.78, 5) is 33.0. The summed E-state index contributed by atoms with van der Waals surface area (Å²) in [6, 6.07) is 22.2. The molecule has 46 heavy (non-hydrogen) atoms. The molecule has 0 aliphatic carbocycles. The van der Waals surface area contributed by atoms with Gasteiger partial charge in [-0.15, -0.1) is 0 Å². The van der Waals surface area contributed by atoms with Crippen LogP contribution in [0.15, 0.2) is 89.7 Å². The molecule has 0 spiro atoms. The van der Waals surface area contributed by atoms with Crippen molar-refractivity contribution in [3.8, 4) is 0 Å². The van der Waals surface area contributed by atoms with Gasteiger partial charge in [-0.3, -0.25) is 9.59 Å². The third kappa shape index (κ3) is 8.90. The Balaban J connectivity index is 0.000000222. The second-order valence-corrected chi connectivity index (χ2v) is 13.8. The molecule has 2 aromatic carbocycles. The van der Waals surface area contributed by atoms with Crippen LogP contribution in [0.5, 0.6) is 0 Å². The molecule has 1 aliphatic heterocycles. The molecule has 2 aromatic heterocycles. The van der Waals surface area contributed by atoms with Gasteiger partial charge in [-0.05, 0) is 117 Å². The van der Waals surface area contributed by atoms with Gasteiger partial charge >= 0.3 is 7.12 Å². The Morgan fingerprint density at radius 1 is 0.674 bits per heavy atom. The van der Waals surface area contributed by atoms with Crippen molar-refractivity contribution in [2.45, 2.75) is 78.4 Å². The van der Waals surface area contributed by atoms with Gasteiger partial charge in [0.2, 0.25) is 0 Å². The molecule has 0 unspecified atom stereocenters. The van der Waals surface area contributed by atoms with Crippen LogP contribution in [-0.4, -0.2) is 40.1 Å². The summed E-state index contributed by atoms with van der Waals surface area (Å²) in [5.74, 6) is 1.58. The highest BCUT2D eigenvalue weighted by atomic mass is 79.9. The van der Waals surface area contributed by atoms with Gasteiger partial charge < -0.3 is 19.9 Å². The normalized spacial score (nSPS) is 14.9. The van der Waals surface area contributed by atoms with E-state index < -0.39 is 7.12 Å². The number of nitrogens with one attached hydrogen (secondary N) is 2. The van der Waals surface area contributed by atoms with Crippen molar-refractivity contribution in [1.82, 2.24) is 9.97 Å². The van der Waals surface area contributed by atoms with Gasteiger partial charge in [0.1, 0.15) is 11.6 Å². The van der Waals surface area contributed by atoms with Crippen LogP contribution in [0, 0.1) is 0 Å². The van der Waals surface area contributed by atoms with Gasteiger partial charge in [0.05, 0.1) is 11.2 Å². The van der Waals surface area contributed by atoms with E-state index in [2.05, 4.69) is 64.2 Å². The van der Waals surface area contributed by atoms with Crippen LogP contribution in [0.2, 0.25) is 0 Å². The fourth-order valence-electron chi connectivity index (χ4n) is 4.50. The highest BCUT2D eigenvalue weighted by molar-refractivity contribution is 9.10. The molecule has 8 nitrogen and oxygen atoms in total. The molecular formula is C36H42BBrN4O4. The van der Waals surface area contributed by atoms with Crippen molar-refractivity contribution < 1.29 is 18.9 Å². The highest BCUT2D eigenvalue weighted by Gasteiger charge is 2.51. The van der Waals surface area contributed by atoms with Crippen LogP contribution in [0.1, 0.15) is 99.1 Å². The number of pyridine rings is 2. The van der Waals surface area contributed by atoms with Crippen LogP contribution >= 0.6 is 15.9 Å². The minimum Gasteiger partial charge on any atom is -0.399 e. The van der Waals surface area contributed by atoms with Gasteiger partial charge in [0.15, 0.2) is 0 Å². The molecule has 3 heterocycles. The smallest absolute Gasteiger partial charge is 0.399 e. The van der Waals surface area contributed by atoms with E-state index in [1.807, 2.05) is 76.2 Å². The SMILES string of the molecule is CC(C)c1ccnc(NC(=O)c2ccc(B3OC(C)(C)C(C)(C)O3)cc2)c1.CC(C)c1ccnc(NC(=O)c2ccc(Br)cc2)c1. The standard InChI is InChI=1S/C21H27BN2O3.C15H15BrN2O/c1-14(2)16-11-12-23-18(13-16)24-19(25)15-7-9-17(10-8-15)22-26-20(3,4)21(5,6)27-22;1-10(2)12-7-8-17-14(9-12)18-15(19)11-3-5-13(16)6-4-11/h7-14H,1-6H3,(H,23,24,25);3-10H,1-2H3,(H,17,18,19). The second kappa shape index (κ2) is 14.7. The lowest BCUT2D eigenvalue weighted by Gasteiger charge is -2.32. The Labute approximate surface area is 281 Å². The van der Waals surface area contributed by atoms with Crippen LogP contribution in [0.25, 0.3) is 0 Å². The Morgan fingerprint density at radius 2 is 1.07 bits per heavy atom. The van der Waals surface area contributed by atoms with Crippen molar-refractivity contribution in [3.05, 3.63) is 112 Å². The van der Waals surface area contributed by atoms with E-state index in [1.54, 1.807) is 36.7 Å². The number of rotatable bonds is 7. The zero-order valence-electron chi connectivity index (χ0n) is 27.7. The third-order valence-electron chi connectivity index (χ3n) is 8.19. The first-order valence-electron chi connectivity index (χ1n) is 15.4. The summed E-state index contributed by atoms with van der Waals surface area (Å²) < 4.78 is 13.0. The topological polar surface area (TPSA) is 102 Å². The largest absolute Gasteiger partial charge is 0.494 e. The number of benzene rings is 2. The molecule has 1 aliphatic rings. The zero-order valence-corrected chi connectivity index (χ0v) is 29.3. The van der Waals surface area contributed by atoms with Crippen molar-refractivity contribution >= 4 is 52.0 Å². The van der Waals surface area contributed by atoms with Crippen LogP contribution in [-0.2, 0) is 9.31 Å². The minimum atomic E-state index is -0.434. The number of halogens is 1. The molecule has 2 N–H and O–H groups in total. The average molecular weight is 685 g/mol. The Morgan fingerprint density at radius 3 is 1.46 bits per heavy atom. The monoisotopic (exact) mass is 684 g/mol. The number of nitrogens with zero attached hydrogens (tertiary/aromatic N) is 2. The average Bonchev–Trinajstić information content (AvgIpc) is 3.24. The van der Waals surface area contributed by atoms with E-state index in [-0.39, 0.29) is 23.0 Å². The first-order chi connectivity index (χ1) is 21.6. The molecule has 0 saturated carbocycles. The number of aromatic nitrogens is 2. The molecule has 2 amide bonds. The minimum absolute atomic E-state index is 0.152. The van der Waals surface area contributed by atoms with Gasteiger partial charge in [0, 0.05) is 28.0 Å². The summed E-state index contributed by atoms with van der Waals surface area (Å²) in [6.07, 6.45) is 3.43. The fourth-order valence-corrected chi connectivity index (χ4v) is 4.76. The van der Waals surface area contributed by atoms with Gasteiger partial charge in [-0.25, -0.2) is 9.97 Å². The lowest BCUT2D eigenvalue weighted by molar-refractivity contribution is 0.00578. The third-order valence-corrected chi connectivity index (χ3v) is 8.72. The summed E-state index contributed by atoms with van der Waals surface area (Å²) in [7, 11) is -0.434. The maximum absolute atomic E-state index is 12.5. The van der Waals surface area contributed by atoms with Gasteiger partial charge in [0.25, 0.3) is 11.8 Å². The lowest BCUT2D eigenvalue weighted by atomic mass is 9.79. The van der Waals surface area contributed by atoms with Crippen molar-refractivity contribution in [1.29, 1.82) is 0 Å². The van der Waals surface area contributed by atoms with Crippen LogP contribution < -0.4 is 16.1 Å². The molecule has 1 saturated heterocycles. The Bertz CT molecular complexity index is 1640. The van der Waals surface area contributed by atoms with Crippen molar-refractivity contribution in [2.24, 2.45) is 0 Å². The van der Waals surface area contributed by atoms with Crippen LogP contribution in [0.3, 0.4) is 0 Å². The first-order valence-corrected chi connectivity index (χ1v) is 16.2. The highest BCUT2D eigenvalue weighted by Crippen LogP contribution is 2.36. The molecule has 10 heteroatoms. The number of hydrogen-bond acceptors (Lipinski definition) is 6. The van der Waals surface area contributed by atoms with Crippen LogP contribution in [0.4, 0.5) is 11.6 Å². The number of hydrogen-bond donors (Lipinski definition) is 2. The van der Waals surface area contributed by atoms with Crippen molar-refractivity contribution in [2.75, 3.05) is 10.6 Å². The van der Waals surface area contributed by atoms with E-state index in [0.29, 0.717) is 34.6 Å². The predicted molar refractivity (Wildman–Crippen MR) is 189 cm³/mol. The number of amides is 2. The summed E-state index contributed by atoms with van der Waals surface area (Å²) >= 11 is 3.34. The number of carbonyl (C=O) groups excluding carboxylic acids is 2. The molecule has 1 fully saturated rings. The Kier molecular flexibility index (Phi) is 11.2. The fraction of sp³-hybridized carbons (Fsp3) is 0.333. The van der Waals surface area contributed by atoms with Crippen molar-refractivity contribution in [3.63, 3.8) is 0 Å². The molecular weight excluding hydrogens is 643 g/mol. The first kappa shape index (κ1) is 35.0. The summed E-state index contributed by atoms with van der Waals surface area (Å²) in [5.41, 5.74) is 3.58. The molecule has 4 aromatic rings. The molecule has 0 atom stereocenters. The summed E-state index contributed by atoms with van der Waals surface area (Å²) in [5, 5.41) is 5.66. The molecule has 0 radical (unpaired) electrons.